The minimum Gasteiger partial charge on any atom is -0.748 e. The van der Waals surface area contributed by atoms with Crippen LogP contribution >= 0.6 is 0 Å². The van der Waals surface area contributed by atoms with Crippen LogP contribution in [-0.4, -0.2) is 18.7 Å². The molecule has 0 aromatic rings. The van der Waals surface area contributed by atoms with Crippen molar-refractivity contribution in [1.82, 2.24) is 0 Å². The molecule has 4 nitrogen and oxygen atoms in total. The van der Waals surface area contributed by atoms with Crippen molar-refractivity contribution in [3.63, 3.8) is 0 Å². The molecule has 0 aliphatic carbocycles. The Morgan fingerprint density at radius 3 is 2.11 bits per heavy atom. The standard InChI is InChI=1S/C3H5NO3S.Na/c4-2-1-3-8(5,6)7;/h1,3H2,(H,5,6,7);/q;+1/p-1. The summed E-state index contributed by atoms with van der Waals surface area (Å²) in [5.74, 6) is -0.580. The molecular weight excluding hydrogens is 153 g/mol. The minimum atomic E-state index is -4.16. The minimum absolute atomic E-state index is 0. The Morgan fingerprint density at radius 1 is 1.56 bits per heavy atom. The number of nitriles is 1. The van der Waals surface area contributed by atoms with Crippen LogP contribution in [0, 0.1) is 11.3 Å². The summed E-state index contributed by atoms with van der Waals surface area (Å²) < 4.78 is 29.1. The van der Waals surface area contributed by atoms with Crippen molar-refractivity contribution < 1.29 is 42.5 Å². The summed E-state index contributed by atoms with van der Waals surface area (Å²) in [6.07, 6.45) is -0.216. The molecule has 0 aromatic carbocycles. The third-order valence-corrected chi connectivity index (χ3v) is 1.17. The quantitative estimate of drug-likeness (QED) is 0.307. The van der Waals surface area contributed by atoms with Crippen LogP contribution in [0.2, 0.25) is 0 Å². The molecule has 0 unspecified atom stereocenters. The van der Waals surface area contributed by atoms with Gasteiger partial charge in [-0.25, -0.2) is 8.42 Å². The van der Waals surface area contributed by atoms with Crippen LogP contribution in [-0.2, 0) is 10.1 Å². The molecule has 6 heteroatoms. The zero-order valence-electron chi connectivity index (χ0n) is 4.99. The summed E-state index contributed by atoms with van der Waals surface area (Å²) >= 11 is 0. The van der Waals surface area contributed by atoms with Gasteiger partial charge in [0.2, 0.25) is 0 Å². The van der Waals surface area contributed by atoms with Gasteiger partial charge in [0.15, 0.2) is 0 Å². The number of hydrogen-bond donors (Lipinski definition) is 0. The zero-order valence-corrected chi connectivity index (χ0v) is 7.81. The Morgan fingerprint density at radius 2 is 2.00 bits per heavy atom. The molecule has 0 amide bonds. The van der Waals surface area contributed by atoms with E-state index >= 15 is 0 Å². The molecule has 0 radical (unpaired) electrons. The van der Waals surface area contributed by atoms with Crippen molar-refractivity contribution in [1.29, 1.82) is 5.26 Å². The fourth-order valence-electron chi connectivity index (χ4n) is 0.171. The molecule has 0 spiro atoms. The molecular formula is C3H4NNaO3S. The summed E-state index contributed by atoms with van der Waals surface area (Å²) in [4.78, 5) is 0. The van der Waals surface area contributed by atoms with Crippen molar-refractivity contribution >= 4 is 10.1 Å². The first-order chi connectivity index (χ1) is 3.56. The Labute approximate surface area is 75.9 Å². The van der Waals surface area contributed by atoms with Crippen molar-refractivity contribution in [2.24, 2.45) is 0 Å². The molecule has 0 atom stereocenters. The van der Waals surface area contributed by atoms with E-state index in [-0.39, 0.29) is 36.0 Å². The smallest absolute Gasteiger partial charge is 0.748 e. The second-order valence-corrected chi connectivity index (χ2v) is 2.69. The van der Waals surface area contributed by atoms with Crippen LogP contribution in [0.3, 0.4) is 0 Å². The molecule has 0 N–H and O–H groups in total. The Hall–Kier alpha value is 0.400. The monoisotopic (exact) mass is 157 g/mol. The Bertz CT molecular complexity index is 192. The van der Waals surface area contributed by atoms with Crippen LogP contribution in [0.25, 0.3) is 0 Å². The van der Waals surface area contributed by atoms with Crippen LogP contribution in [0.5, 0.6) is 0 Å². The van der Waals surface area contributed by atoms with Gasteiger partial charge in [-0.15, -0.1) is 0 Å². The van der Waals surface area contributed by atoms with Gasteiger partial charge >= 0.3 is 29.6 Å². The van der Waals surface area contributed by atoms with Gasteiger partial charge in [-0.3, -0.25) is 0 Å². The number of hydrogen-bond acceptors (Lipinski definition) is 4. The molecule has 0 aliphatic heterocycles. The fraction of sp³-hybridized carbons (Fsp3) is 0.667. The zero-order chi connectivity index (χ0) is 6.62. The average molecular weight is 157 g/mol. The maximum atomic E-state index is 9.68. The van der Waals surface area contributed by atoms with E-state index in [0.29, 0.717) is 0 Å². The normalized spacial score (nSPS) is 9.33. The van der Waals surface area contributed by atoms with Gasteiger partial charge in [0, 0.05) is 6.42 Å². The Balaban J connectivity index is 0. The second kappa shape index (κ2) is 5.21. The third-order valence-electron chi connectivity index (χ3n) is 0.464. The molecule has 0 fully saturated rings. The summed E-state index contributed by atoms with van der Waals surface area (Å²) in [5, 5.41) is 7.78. The molecule has 0 aliphatic rings. The van der Waals surface area contributed by atoms with Gasteiger partial charge in [0.25, 0.3) is 0 Å². The maximum absolute atomic E-state index is 9.68. The molecule has 0 saturated carbocycles. The molecule has 0 rings (SSSR count). The van der Waals surface area contributed by atoms with Gasteiger partial charge in [-0.05, 0) is 0 Å². The van der Waals surface area contributed by atoms with Crippen molar-refractivity contribution in [2.45, 2.75) is 6.42 Å². The summed E-state index contributed by atoms with van der Waals surface area (Å²) in [6, 6.07) is 1.55. The molecule has 0 heterocycles. The topological polar surface area (TPSA) is 81.0 Å². The van der Waals surface area contributed by atoms with Gasteiger partial charge < -0.3 is 4.55 Å². The molecule has 0 aromatic heterocycles. The maximum Gasteiger partial charge on any atom is 1.00 e. The first kappa shape index (κ1) is 12.1. The summed E-state index contributed by atoms with van der Waals surface area (Å²) in [6.45, 7) is 0. The first-order valence-corrected chi connectivity index (χ1v) is 3.44. The second-order valence-electron chi connectivity index (χ2n) is 1.17. The van der Waals surface area contributed by atoms with Crippen LogP contribution < -0.4 is 29.6 Å². The van der Waals surface area contributed by atoms with Crippen LogP contribution in [0.15, 0.2) is 0 Å². The largest absolute Gasteiger partial charge is 1.00 e. The van der Waals surface area contributed by atoms with Gasteiger partial charge in [-0.2, -0.15) is 5.26 Å². The summed E-state index contributed by atoms with van der Waals surface area (Å²) in [7, 11) is -4.16. The van der Waals surface area contributed by atoms with E-state index in [1.54, 1.807) is 6.07 Å². The number of rotatable bonds is 2. The van der Waals surface area contributed by atoms with E-state index < -0.39 is 15.9 Å². The fourth-order valence-corrected chi connectivity index (χ4v) is 0.512. The predicted molar refractivity (Wildman–Crippen MR) is 24.8 cm³/mol. The van der Waals surface area contributed by atoms with Crippen LogP contribution in [0.4, 0.5) is 0 Å². The SMILES string of the molecule is N#CCCS(=O)(=O)[O-].[Na+]. The van der Waals surface area contributed by atoms with E-state index in [9.17, 15) is 13.0 Å². The Kier molecular flexibility index (Phi) is 7.01. The molecule has 9 heavy (non-hydrogen) atoms. The van der Waals surface area contributed by atoms with E-state index in [0.717, 1.165) is 0 Å². The predicted octanol–water partition coefficient (Wildman–Crippen LogP) is -3.55. The van der Waals surface area contributed by atoms with Crippen molar-refractivity contribution in [3.05, 3.63) is 0 Å². The van der Waals surface area contributed by atoms with Crippen molar-refractivity contribution in [2.75, 3.05) is 5.75 Å². The van der Waals surface area contributed by atoms with Crippen LogP contribution in [0.1, 0.15) is 6.42 Å². The van der Waals surface area contributed by atoms with Gasteiger partial charge in [0.05, 0.1) is 21.9 Å². The van der Waals surface area contributed by atoms with Gasteiger partial charge in [-0.1, -0.05) is 0 Å². The van der Waals surface area contributed by atoms with E-state index in [2.05, 4.69) is 0 Å². The van der Waals surface area contributed by atoms with Crippen molar-refractivity contribution in [3.8, 4) is 6.07 Å². The first-order valence-electron chi connectivity index (χ1n) is 1.87. The number of nitrogens with zero attached hydrogens (tertiary/aromatic N) is 1. The molecule has 46 valence electrons. The molecule has 0 saturated heterocycles. The summed E-state index contributed by atoms with van der Waals surface area (Å²) in [5.41, 5.74) is 0. The van der Waals surface area contributed by atoms with E-state index in [1.165, 1.54) is 0 Å². The third kappa shape index (κ3) is 11.8. The van der Waals surface area contributed by atoms with Gasteiger partial charge in [0.1, 0.15) is 0 Å². The molecule has 0 bridgehead atoms. The van der Waals surface area contributed by atoms with E-state index in [1.807, 2.05) is 0 Å². The average Bonchev–Trinajstić information content (AvgIpc) is 1.59. The van der Waals surface area contributed by atoms with E-state index in [4.69, 9.17) is 5.26 Å².